The first-order valence-corrected chi connectivity index (χ1v) is 8.31. The van der Waals surface area contributed by atoms with Gasteiger partial charge in [0.25, 0.3) is 0 Å². The normalized spacial score (nSPS) is 20.8. The van der Waals surface area contributed by atoms with Crippen LogP contribution in [0.1, 0.15) is 26.2 Å². The third-order valence-electron chi connectivity index (χ3n) is 3.96. The molecule has 3 heterocycles. The van der Waals surface area contributed by atoms with Gasteiger partial charge in [0.15, 0.2) is 11.5 Å². The van der Waals surface area contributed by atoms with E-state index in [2.05, 4.69) is 32.9 Å². The van der Waals surface area contributed by atoms with Crippen molar-refractivity contribution in [2.24, 2.45) is 5.92 Å². The summed E-state index contributed by atoms with van der Waals surface area (Å²) in [6.07, 6.45) is 3.81. The van der Waals surface area contributed by atoms with Crippen LogP contribution in [0.5, 0.6) is 0 Å². The molecule has 4 rings (SSSR count). The van der Waals surface area contributed by atoms with Crippen LogP contribution < -0.4 is 5.32 Å². The minimum absolute atomic E-state index is 0.580. The zero-order valence-electron chi connectivity index (χ0n) is 11.9. The van der Waals surface area contributed by atoms with Gasteiger partial charge in [-0.2, -0.15) is 15.9 Å². The van der Waals surface area contributed by atoms with E-state index in [1.54, 1.807) is 11.3 Å². The lowest BCUT2D eigenvalue weighted by Gasteiger charge is -2.05. The Bertz CT molecular complexity index is 749. The number of anilines is 1. The maximum absolute atomic E-state index is 4.65. The van der Waals surface area contributed by atoms with Gasteiger partial charge in [-0.1, -0.05) is 13.3 Å². The molecule has 2 unspecified atom stereocenters. The number of hydrogen-bond acceptors (Lipinski definition) is 5. The summed E-state index contributed by atoms with van der Waals surface area (Å²) in [6.45, 7) is 2.24. The van der Waals surface area contributed by atoms with Crippen LogP contribution in [0.2, 0.25) is 0 Å². The molecule has 0 spiro atoms. The lowest BCUT2D eigenvalue weighted by Crippen LogP contribution is -2.08. The molecular weight excluding hydrogens is 282 g/mol. The van der Waals surface area contributed by atoms with Crippen molar-refractivity contribution >= 4 is 22.8 Å². The average molecular weight is 299 g/mol. The Hall–Kier alpha value is -1.95. The summed E-state index contributed by atoms with van der Waals surface area (Å²) in [4.78, 5) is 0. The van der Waals surface area contributed by atoms with Gasteiger partial charge in [-0.05, 0) is 42.3 Å². The molecule has 1 aliphatic rings. The Morgan fingerprint density at radius 1 is 1.33 bits per heavy atom. The van der Waals surface area contributed by atoms with Gasteiger partial charge in [-0.15, -0.1) is 15.3 Å². The minimum atomic E-state index is 0.580. The predicted molar refractivity (Wildman–Crippen MR) is 84.5 cm³/mol. The number of fused-ring (bicyclic) bond motifs is 1. The summed E-state index contributed by atoms with van der Waals surface area (Å²) in [5.74, 6) is 2.52. The molecule has 21 heavy (non-hydrogen) atoms. The van der Waals surface area contributed by atoms with Crippen LogP contribution >= 0.6 is 11.3 Å². The van der Waals surface area contributed by atoms with Gasteiger partial charge in [0.2, 0.25) is 0 Å². The van der Waals surface area contributed by atoms with E-state index in [4.69, 9.17) is 0 Å². The van der Waals surface area contributed by atoms with Crippen molar-refractivity contribution in [3.63, 3.8) is 0 Å². The first-order valence-electron chi connectivity index (χ1n) is 7.36. The molecule has 108 valence electrons. The topological polar surface area (TPSA) is 55.1 Å². The molecule has 0 saturated heterocycles. The van der Waals surface area contributed by atoms with Gasteiger partial charge in [0.05, 0.1) is 0 Å². The van der Waals surface area contributed by atoms with Gasteiger partial charge in [0, 0.05) is 17.0 Å². The summed E-state index contributed by atoms with van der Waals surface area (Å²) >= 11 is 1.65. The SMILES string of the molecule is CCCC1CC1Nc1ccc2nnc(-c3ccsc3)n2n1. The van der Waals surface area contributed by atoms with Crippen LogP contribution in [0.3, 0.4) is 0 Å². The monoisotopic (exact) mass is 299 g/mol. The number of nitrogens with zero attached hydrogens (tertiary/aromatic N) is 4. The van der Waals surface area contributed by atoms with E-state index < -0.39 is 0 Å². The highest BCUT2D eigenvalue weighted by atomic mass is 32.1. The largest absolute Gasteiger partial charge is 0.366 e. The summed E-state index contributed by atoms with van der Waals surface area (Å²) in [5, 5.41) is 20.7. The van der Waals surface area contributed by atoms with E-state index >= 15 is 0 Å². The fraction of sp³-hybridized carbons (Fsp3) is 0.400. The summed E-state index contributed by atoms with van der Waals surface area (Å²) in [7, 11) is 0. The van der Waals surface area contributed by atoms with Crippen molar-refractivity contribution in [3.8, 4) is 11.4 Å². The van der Waals surface area contributed by atoms with Gasteiger partial charge in [-0.3, -0.25) is 0 Å². The molecule has 0 radical (unpaired) electrons. The van der Waals surface area contributed by atoms with Crippen LogP contribution in [0.25, 0.3) is 17.0 Å². The van der Waals surface area contributed by atoms with E-state index in [1.165, 1.54) is 19.3 Å². The fourth-order valence-corrected chi connectivity index (χ4v) is 3.38. The number of hydrogen-bond donors (Lipinski definition) is 1. The molecule has 2 atom stereocenters. The third-order valence-corrected chi connectivity index (χ3v) is 4.64. The van der Waals surface area contributed by atoms with Crippen molar-refractivity contribution in [1.29, 1.82) is 0 Å². The average Bonchev–Trinajstić information content (AvgIpc) is 2.93. The summed E-state index contributed by atoms with van der Waals surface area (Å²) in [6, 6.07) is 6.58. The second-order valence-corrected chi connectivity index (χ2v) is 6.34. The Balaban J connectivity index is 1.62. The van der Waals surface area contributed by atoms with Crippen molar-refractivity contribution < 1.29 is 0 Å². The third kappa shape index (κ3) is 2.40. The fourth-order valence-electron chi connectivity index (χ4n) is 2.74. The molecule has 1 fully saturated rings. The number of aromatic nitrogens is 4. The zero-order valence-corrected chi connectivity index (χ0v) is 12.7. The van der Waals surface area contributed by atoms with E-state index in [-0.39, 0.29) is 0 Å². The molecule has 0 bridgehead atoms. The molecule has 0 aromatic carbocycles. The number of nitrogens with one attached hydrogen (secondary N) is 1. The van der Waals surface area contributed by atoms with Crippen LogP contribution in [-0.4, -0.2) is 25.9 Å². The minimum Gasteiger partial charge on any atom is -0.366 e. The van der Waals surface area contributed by atoms with Gasteiger partial charge >= 0.3 is 0 Å². The lowest BCUT2D eigenvalue weighted by atomic mass is 10.2. The van der Waals surface area contributed by atoms with Gasteiger partial charge < -0.3 is 5.32 Å². The van der Waals surface area contributed by atoms with Gasteiger partial charge in [0.1, 0.15) is 5.82 Å². The van der Waals surface area contributed by atoms with Crippen molar-refractivity contribution in [1.82, 2.24) is 19.8 Å². The Labute approximate surface area is 127 Å². The lowest BCUT2D eigenvalue weighted by molar-refractivity contribution is 0.691. The predicted octanol–water partition coefficient (Wildman–Crippen LogP) is 3.45. The molecule has 1 N–H and O–H groups in total. The van der Waals surface area contributed by atoms with E-state index in [0.29, 0.717) is 6.04 Å². The molecule has 0 amide bonds. The number of thiophene rings is 1. The molecule has 3 aromatic rings. The van der Waals surface area contributed by atoms with E-state index in [1.807, 2.05) is 28.1 Å². The van der Waals surface area contributed by atoms with E-state index in [9.17, 15) is 0 Å². The van der Waals surface area contributed by atoms with Crippen molar-refractivity contribution in [2.45, 2.75) is 32.2 Å². The maximum Gasteiger partial charge on any atom is 0.186 e. The molecule has 1 aliphatic carbocycles. The highest BCUT2D eigenvalue weighted by Gasteiger charge is 2.36. The maximum atomic E-state index is 4.65. The van der Waals surface area contributed by atoms with Crippen molar-refractivity contribution in [2.75, 3.05) is 5.32 Å². The molecule has 6 heteroatoms. The summed E-state index contributed by atoms with van der Waals surface area (Å²) < 4.78 is 1.82. The quantitative estimate of drug-likeness (QED) is 0.784. The molecule has 1 saturated carbocycles. The molecule has 0 aliphatic heterocycles. The summed E-state index contributed by atoms with van der Waals surface area (Å²) in [5.41, 5.74) is 1.84. The van der Waals surface area contributed by atoms with E-state index in [0.717, 1.165) is 28.8 Å². The van der Waals surface area contributed by atoms with Crippen LogP contribution in [0.15, 0.2) is 29.0 Å². The highest BCUT2D eigenvalue weighted by Crippen LogP contribution is 2.36. The van der Waals surface area contributed by atoms with Crippen LogP contribution in [0.4, 0.5) is 5.82 Å². The Morgan fingerprint density at radius 3 is 3.10 bits per heavy atom. The van der Waals surface area contributed by atoms with Crippen LogP contribution in [0, 0.1) is 5.92 Å². The Kier molecular flexibility index (Phi) is 3.11. The standard InChI is InChI=1S/C15H17N5S/c1-2-3-10-8-12(10)16-13-4-5-14-17-18-15(20(14)19-13)11-6-7-21-9-11/h4-7,9-10,12H,2-3,8H2,1H3,(H,16,19). The Morgan fingerprint density at radius 2 is 2.29 bits per heavy atom. The second-order valence-electron chi connectivity index (χ2n) is 5.56. The first-order chi connectivity index (χ1) is 10.3. The molecule has 5 nitrogen and oxygen atoms in total. The van der Waals surface area contributed by atoms with Gasteiger partial charge in [-0.25, -0.2) is 0 Å². The first kappa shape index (κ1) is 12.8. The smallest absolute Gasteiger partial charge is 0.186 e. The second kappa shape index (κ2) is 5.11. The van der Waals surface area contributed by atoms with Crippen LogP contribution in [-0.2, 0) is 0 Å². The highest BCUT2D eigenvalue weighted by molar-refractivity contribution is 7.08. The zero-order chi connectivity index (χ0) is 14.2. The number of rotatable bonds is 5. The molecule has 3 aromatic heterocycles. The van der Waals surface area contributed by atoms with Crippen molar-refractivity contribution in [3.05, 3.63) is 29.0 Å². The molecular formula is C15H17N5S.